The van der Waals surface area contributed by atoms with E-state index in [1.54, 1.807) is 12.1 Å². The van der Waals surface area contributed by atoms with Crippen LogP contribution in [0.4, 0.5) is 0 Å². The summed E-state index contributed by atoms with van der Waals surface area (Å²) in [6.45, 7) is 2.55. The predicted octanol–water partition coefficient (Wildman–Crippen LogP) is 2.76. The van der Waals surface area contributed by atoms with E-state index in [-0.39, 0.29) is 5.75 Å². The minimum Gasteiger partial charge on any atom is -0.508 e. The van der Waals surface area contributed by atoms with Crippen LogP contribution < -0.4 is 0 Å². The summed E-state index contributed by atoms with van der Waals surface area (Å²) in [5.41, 5.74) is 3.00. The van der Waals surface area contributed by atoms with E-state index in [1.807, 2.05) is 30.5 Å². The number of aromatic nitrogens is 3. The first kappa shape index (κ1) is 14.2. The first-order chi connectivity index (χ1) is 11.3. The lowest BCUT2D eigenvalue weighted by molar-refractivity contribution is 0.182. The molecule has 1 unspecified atom stereocenters. The van der Waals surface area contributed by atoms with Gasteiger partial charge in [-0.1, -0.05) is 12.1 Å². The second-order valence-electron chi connectivity index (χ2n) is 6.06. The van der Waals surface area contributed by atoms with Crippen LogP contribution in [0.1, 0.15) is 17.8 Å². The third-order valence-corrected chi connectivity index (χ3v) is 4.35. The number of phenolic OH excluding ortho intramolecular Hbond substituents is 1. The number of rotatable bonds is 4. The van der Waals surface area contributed by atoms with Crippen LogP contribution >= 0.6 is 0 Å². The van der Waals surface area contributed by atoms with Gasteiger partial charge in [0.1, 0.15) is 17.1 Å². The highest BCUT2D eigenvalue weighted by molar-refractivity contribution is 5.71. The molecule has 3 aromatic rings. The Kier molecular flexibility index (Phi) is 3.71. The largest absolute Gasteiger partial charge is 0.508 e. The number of imidazole rings is 1. The third kappa shape index (κ3) is 2.92. The van der Waals surface area contributed by atoms with Crippen LogP contribution in [0.15, 0.2) is 42.6 Å². The molecule has 1 aliphatic heterocycles. The summed E-state index contributed by atoms with van der Waals surface area (Å²) in [5, 5.41) is 9.44. The van der Waals surface area contributed by atoms with E-state index >= 15 is 0 Å². The number of hydrogen-bond acceptors (Lipinski definition) is 4. The van der Waals surface area contributed by atoms with Crippen LogP contribution in [0, 0.1) is 5.92 Å². The topological polar surface area (TPSA) is 60.2 Å². The smallest absolute Gasteiger partial charge is 0.160 e. The van der Waals surface area contributed by atoms with Gasteiger partial charge in [-0.3, -0.25) is 0 Å². The molecule has 1 saturated heterocycles. The van der Waals surface area contributed by atoms with E-state index in [0.717, 1.165) is 55.2 Å². The molecule has 5 nitrogen and oxygen atoms in total. The van der Waals surface area contributed by atoms with Gasteiger partial charge in [-0.25, -0.2) is 9.97 Å². The Morgan fingerprint density at radius 1 is 1.22 bits per heavy atom. The normalized spacial score (nSPS) is 17.8. The molecule has 5 heteroatoms. The number of benzene rings is 1. The van der Waals surface area contributed by atoms with Crippen LogP contribution in [0.2, 0.25) is 0 Å². The van der Waals surface area contributed by atoms with E-state index in [0.29, 0.717) is 5.92 Å². The first-order valence-electron chi connectivity index (χ1n) is 7.95. The Balaban J connectivity index is 1.70. The van der Waals surface area contributed by atoms with Gasteiger partial charge >= 0.3 is 0 Å². The van der Waals surface area contributed by atoms with Gasteiger partial charge in [0.15, 0.2) is 5.65 Å². The number of hydrogen-bond donors (Lipinski definition) is 1. The monoisotopic (exact) mass is 309 g/mol. The molecule has 0 saturated carbocycles. The average molecular weight is 309 g/mol. The summed E-state index contributed by atoms with van der Waals surface area (Å²) in [6.07, 6.45) is 3.63. The second kappa shape index (κ2) is 6.01. The van der Waals surface area contributed by atoms with E-state index in [1.165, 1.54) is 0 Å². The Morgan fingerprint density at radius 2 is 2.09 bits per heavy atom. The summed E-state index contributed by atoms with van der Waals surface area (Å²) in [4.78, 5) is 9.29. The quantitative estimate of drug-likeness (QED) is 0.805. The minimum atomic E-state index is 0.284. The van der Waals surface area contributed by atoms with Crippen molar-refractivity contribution >= 4 is 11.2 Å². The van der Waals surface area contributed by atoms with Crippen molar-refractivity contribution in [1.82, 2.24) is 14.5 Å². The van der Waals surface area contributed by atoms with E-state index in [4.69, 9.17) is 9.72 Å². The molecule has 0 spiro atoms. The molecule has 1 fully saturated rings. The zero-order chi connectivity index (χ0) is 15.6. The molecule has 1 N–H and O–H groups in total. The average Bonchev–Trinajstić information content (AvgIpc) is 3.19. The number of nitrogens with zero attached hydrogens (tertiary/aromatic N) is 3. The maximum absolute atomic E-state index is 9.44. The van der Waals surface area contributed by atoms with Gasteiger partial charge in [0.05, 0.1) is 6.61 Å². The van der Waals surface area contributed by atoms with Crippen molar-refractivity contribution in [2.75, 3.05) is 13.2 Å². The van der Waals surface area contributed by atoms with Gasteiger partial charge in [0, 0.05) is 31.7 Å². The molecule has 4 rings (SSSR count). The lowest BCUT2D eigenvalue weighted by atomic mass is 10.1. The maximum atomic E-state index is 9.44. The molecule has 3 heterocycles. The summed E-state index contributed by atoms with van der Waals surface area (Å²) >= 11 is 0. The Hall–Kier alpha value is -2.40. The van der Waals surface area contributed by atoms with Gasteiger partial charge in [-0.2, -0.15) is 0 Å². The highest BCUT2D eigenvalue weighted by Crippen LogP contribution is 2.22. The summed E-state index contributed by atoms with van der Waals surface area (Å²) in [6, 6.07) is 11.2. The molecular formula is C18H19N3O2. The van der Waals surface area contributed by atoms with Gasteiger partial charge in [-0.05, 0) is 36.2 Å². The van der Waals surface area contributed by atoms with Gasteiger partial charge in [-0.15, -0.1) is 0 Å². The molecule has 1 aliphatic rings. The fourth-order valence-corrected chi connectivity index (χ4v) is 3.11. The van der Waals surface area contributed by atoms with Crippen LogP contribution in [0.3, 0.4) is 0 Å². The molecule has 118 valence electrons. The van der Waals surface area contributed by atoms with Crippen molar-refractivity contribution in [3.8, 4) is 5.75 Å². The van der Waals surface area contributed by atoms with Crippen molar-refractivity contribution < 1.29 is 9.84 Å². The molecule has 2 aromatic heterocycles. The SMILES string of the molecule is Oc1ccc(Cc2nc3cccnc3n2CC2CCOC2)cc1. The number of aromatic hydroxyl groups is 1. The number of ether oxygens (including phenoxy) is 1. The van der Waals surface area contributed by atoms with E-state index in [2.05, 4.69) is 9.55 Å². The molecule has 0 aliphatic carbocycles. The molecule has 0 amide bonds. The lowest BCUT2D eigenvalue weighted by Gasteiger charge is -2.12. The fraction of sp³-hybridized carbons (Fsp3) is 0.333. The number of phenols is 1. The van der Waals surface area contributed by atoms with Crippen molar-refractivity contribution in [3.63, 3.8) is 0 Å². The fourth-order valence-electron chi connectivity index (χ4n) is 3.11. The second-order valence-corrected chi connectivity index (χ2v) is 6.06. The summed E-state index contributed by atoms with van der Waals surface area (Å²) in [5.74, 6) is 1.82. The lowest BCUT2D eigenvalue weighted by Crippen LogP contribution is -2.14. The third-order valence-electron chi connectivity index (χ3n) is 4.35. The van der Waals surface area contributed by atoms with Crippen LogP contribution in [-0.2, 0) is 17.7 Å². The number of pyridine rings is 1. The molecule has 0 radical (unpaired) electrons. The van der Waals surface area contributed by atoms with Gasteiger partial charge < -0.3 is 14.4 Å². The zero-order valence-electron chi connectivity index (χ0n) is 12.9. The molecule has 1 aromatic carbocycles. The van der Waals surface area contributed by atoms with Crippen molar-refractivity contribution in [2.45, 2.75) is 19.4 Å². The van der Waals surface area contributed by atoms with Crippen molar-refractivity contribution in [1.29, 1.82) is 0 Å². The molecule has 23 heavy (non-hydrogen) atoms. The highest BCUT2D eigenvalue weighted by atomic mass is 16.5. The van der Waals surface area contributed by atoms with Crippen molar-refractivity contribution in [3.05, 3.63) is 54.0 Å². The van der Waals surface area contributed by atoms with Crippen LogP contribution in [0.25, 0.3) is 11.2 Å². The predicted molar refractivity (Wildman–Crippen MR) is 87.4 cm³/mol. The van der Waals surface area contributed by atoms with E-state index in [9.17, 15) is 5.11 Å². The summed E-state index contributed by atoms with van der Waals surface area (Å²) in [7, 11) is 0. The Bertz CT molecular complexity index is 805. The molecular weight excluding hydrogens is 290 g/mol. The first-order valence-corrected chi connectivity index (χ1v) is 7.95. The Labute approximate surface area is 134 Å². The van der Waals surface area contributed by atoms with E-state index < -0.39 is 0 Å². The highest BCUT2D eigenvalue weighted by Gasteiger charge is 2.20. The van der Waals surface area contributed by atoms with Crippen molar-refractivity contribution in [2.24, 2.45) is 5.92 Å². The standard InChI is InChI=1S/C18H19N3O2/c22-15-5-3-13(4-6-15)10-17-20-16-2-1-8-19-18(16)21(17)11-14-7-9-23-12-14/h1-6,8,14,22H,7,9-12H2. The van der Waals surface area contributed by atoms with Gasteiger partial charge in [0.2, 0.25) is 0 Å². The molecule has 1 atom stereocenters. The van der Waals surface area contributed by atoms with Gasteiger partial charge in [0.25, 0.3) is 0 Å². The minimum absolute atomic E-state index is 0.284. The van der Waals surface area contributed by atoms with Crippen LogP contribution in [-0.4, -0.2) is 32.9 Å². The Morgan fingerprint density at radius 3 is 2.87 bits per heavy atom. The van der Waals surface area contributed by atoms with Crippen LogP contribution in [0.5, 0.6) is 5.75 Å². The zero-order valence-corrected chi connectivity index (χ0v) is 12.9. The summed E-state index contributed by atoms with van der Waals surface area (Å²) < 4.78 is 7.73. The molecule has 0 bridgehead atoms. The number of fused-ring (bicyclic) bond motifs is 1. The maximum Gasteiger partial charge on any atom is 0.160 e.